The van der Waals surface area contributed by atoms with Gasteiger partial charge in [0.1, 0.15) is 18.5 Å². The molecule has 1 fully saturated rings. The number of hydrogen-bond donors (Lipinski definition) is 1. The summed E-state index contributed by atoms with van der Waals surface area (Å²) in [6, 6.07) is 5.75. The van der Waals surface area contributed by atoms with Gasteiger partial charge in [0.15, 0.2) is 0 Å². The van der Waals surface area contributed by atoms with Crippen LogP contribution in [0.3, 0.4) is 0 Å². The van der Waals surface area contributed by atoms with Crippen LogP contribution in [0, 0.1) is 0 Å². The number of carbonyl (C=O) groups excluding carboxylic acids is 1. The molecule has 0 spiro atoms. The molecule has 0 bridgehead atoms. The summed E-state index contributed by atoms with van der Waals surface area (Å²) in [7, 11) is 0. The first-order valence-corrected chi connectivity index (χ1v) is 6.68. The number of ether oxygens (including phenoxy) is 2. The molecule has 5 heteroatoms. The highest BCUT2D eigenvalue weighted by Gasteiger charge is 2.32. The summed E-state index contributed by atoms with van der Waals surface area (Å²) in [4.78, 5) is 14.2. The first-order valence-electron chi connectivity index (χ1n) is 6.68. The maximum atomic E-state index is 12.4. The Balaban J connectivity index is 1.87. The molecule has 3 rings (SSSR count). The summed E-state index contributed by atoms with van der Waals surface area (Å²) in [5.41, 5.74) is 7.45. The molecular formula is C14H18N2O3. The van der Waals surface area contributed by atoms with Gasteiger partial charge in [0.05, 0.1) is 12.2 Å². The molecule has 0 aliphatic carbocycles. The Morgan fingerprint density at radius 3 is 3.05 bits per heavy atom. The van der Waals surface area contributed by atoms with Crippen molar-refractivity contribution in [3.05, 3.63) is 23.8 Å². The molecule has 2 N–H and O–H groups in total. The van der Waals surface area contributed by atoms with E-state index in [-0.39, 0.29) is 12.0 Å². The van der Waals surface area contributed by atoms with Crippen molar-refractivity contribution in [3.63, 3.8) is 0 Å². The first kappa shape index (κ1) is 12.4. The largest absolute Gasteiger partial charge is 0.490 e. The zero-order valence-corrected chi connectivity index (χ0v) is 10.8. The van der Waals surface area contributed by atoms with E-state index in [1.54, 1.807) is 4.90 Å². The minimum Gasteiger partial charge on any atom is -0.490 e. The molecular weight excluding hydrogens is 244 g/mol. The summed E-state index contributed by atoms with van der Waals surface area (Å²) in [6.07, 6.45) is 1.48. The summed E-state index contributed by atoms with van der Waals surface area (Å²) in [5.74, 6) is 0.781. The van der Waals surface area contributed by atoms with E-state index in [9.17, 15) is 4.79 Å². The Hall–Kier alpha value is -1.59. The highest BCUT2D eigenvalue weighted by atomic mass is 16.5. The maximum Gasteiger partial charge on any atom is 0.256 e. The van der Waals surface area contributed by atoms with Crippen LogP contribution in [-0.4, -0.2) is 31.8 Å². The third kappa shape index (κ3) is 2.31. The molecule has 1 aromatic rings. The Labute approximate surface area is 112 Å². The number of benzene rings is 1. The van der Waals surface area contributed by atoms with Crippen LogP contribution in [0.4, 0.5) is 5.69 Å². The second kappa shape index (κ2) is 5.19. The number of amides is 1. The second-order valence-corrected chi connectivity index (χ2v) is 4.85. The molecule has 1 atom stereocenters. The van der Waals surface area contributed by atoms with Crippen LogP contribution in [0.25, 0.3) is 0 Å². The molecule has 0 radical (unpaired) electrons. The third-order valence-electron chi connectivity index (χ3n) is 3.59. The van der Waals surface area contributed by atoms with Gasteiger partial charge in [-0.3, -0.25) is 4.79 Å². The van der Waals surface area contributed by atoms with Crippen LogP contribution in [0.2, 0.25) is 0 Å². The van der Waals surface area contributed by atoms with Crippen LogP contribution >= 0.6 is 0 Å². The minimum absolute atomic E-state index is 0.0440. The van der Waals surface area contributed by atoms with Crippen molar-refractivity contribution in [1.29, 1.82) is 0 Å². The molecule has 1 saturated heterocycles. The predicted molar refractivity (Wildman–Crippen MR) is 71.2 cm³/mol. The summed E-state index contributed by atoms with van der Waals surface area (Å²) in [6.45, 7) is 2.24. The van der Waals surface area contributed by atoms with Crippen molar-refractivity contribution in [2.24, 2.45) is 5.73 Å². The van der Waals surface area contributed by atoms with Gasteiger partial charge in [0.25, 0.3) is 5.91 Å². The Morgan fingerprint density at radius 1 is 1.42 bits per heavy atom. The van der Waals surface area contributed by atoms with Gasteiger partial charge in [-0.15, -0.1) is 0 Å². The van der Waals surface area contributed by atoms with Crippen LogP contribution in [0.1, 0.15) is 18.4 Å². The van der Waals surface area contributed by atoms with Crippen LogP contribution in [0.5, 0.6) is 5.75 Å². The fourth-order valence-electron chi connectivity index (χ4n) is 2.57. The van der Waals surface area contributed by atoms with Crippen molar-refractivity contribution in [2.75, 3.05) is 24.7 Å². The highest BCUT2D eigenvalue weighted by Crippen LogP contribution is 2.33. The molecule has 102 valence electrons. The van der Waals surface area contributed by atoms with E-state index < -0.39 is 0 Å². The van der Waals surface area contributed by atoms with Crippen molar-refractivity contribution in [2.45, 2.75) is 25.5 Å². The number of rotatable bonds is 2. The number of anilines is 1. The smallest absolute Gasteiger partial charge is 0.256 e. The fraction of sp³-hybridized carbons (Fsp3) is 0.500. The van der Waals surface area contributed by atoms with E-state index >= 15 is 0 Å². The number of nitrogens with zero attached hydrogens (tertiary/aromatic N) is 1. The molecule has 5 nitrogen and oxygen atoms in total. The quantitative estimate of drug-likeness (QED) is 0.865. The zero-order valence-electron chi connectivity index (χ0n) is 10.8. The maximum absolute atomic E-state index is 12.4. The molecule has 2 heterocycles. The van der Waals surface area contributed by atoms with E-state index in [1.165, 1.54) is 0 Å². The molecule has 0 aromatic heterocycles. The molecule has 19 heavy (non-hydrogen) atoms. The number of carbonyl (C=O) groups is 1. The van der Waals surface area contributed by atoms with Crippen molar-refractivity contribution >= 4 is 11.6 Å². The summed E-state index contributed by atoms with van der Waals surface area (Å²) >= 11 is 0. The van der Waals surface area contributed by atoms with Gasteiger partial charge < -0.3 is 20.1 Å². The Morgan fingerprint density at radius 2 is 2.32 bits per heavy atom. The second-order valence-electron chi connectivity index (χ2n) is 4.85. The average molecular weight is 262 g/mol. The van der Waals surface area contributed by atoms with Crippen molar-refractivity contribution in [3.8, 4) is 5.75 Å². The van der Waals surface area contributed by atoms with Crippen LogP contribution in [0.15, 0.2) is 18.2 Å². The van der Waals surface area contributed by atoms with Crippen LogP contribution < -0.4 is 15.4 Å². The summed E-state index contributed by atoms with van der Waals surface area (Å²) < 4.78 is 11.1. The fourth-order valence-corrected chi connectivity index (χ4v) is 2.57. The van der Waals surface area contributed by atoms with Gasteiger partial charge in [-0.25, -0.2) is 0 Å². The van der Waals surface area contributed by atoms with E-state index in [0.717, 1.165) is 29.8 Å². The lowest BCUT2D eigenvalue weighted by Crippen LogP contribution is -2.43. The topological polar surface area (TPSA) is 64.8 Å². The molecule has 1 aromatic carbocycles. The number of hydrogen-bond acceptors (Lipinski definition) is 4. The molecule has 2 aliphatic rings. The molecule has 1 unspecified atom stereocenters. The third-order valence-corrected chi connectivity index (χ3v) is 3.59. The van der Waals surface area contributed by atoms with Gasteiger partial charge in [0, 0.05) is 13.2 Å². The van der Waals surface area contributed by atoms with Gasteiger partial charge >= 0.3 is 0 Å². The minimum atomic E-state index is -0.292. The molecule has 1 amide bonds. The van der Waals surface area contributed by atoms with E-state index in [2.05, 4.69) is 0 Å². The highest BCUT2D eigenvalue weighted by molar-refractivity contribution is 5.98. The van der Waals surface area contributed by atoms with Gasteiger partial charge in [-0.05, 0) is 30.5 Å². The van der Waals surface area contributed by atoms with Gasteiger partial charge in [-0.2, -0.15) is 0 Å². The predicted octanol–water partition coefficient (Wildman–Crippen LogP) is 1.05. The Bertz CT molecular complexity index is 484. The lowest BCUT2D eigenvalue weighted by Gasteiger charge is -2.31. The molecule has 2 aliphatic heterocycles. The average Bonchev–Trinajstić information content (AvgIpc) is 2.99. The molecule has 0 saturated carbocycles. The van der Waals surface area contributed by atoms with Gasteiger partial charge in [-0.1, -0.05) is 6.07 Å². The standard InChI is InChI=1S/C14H18N2O3/c15-9-10-3-4-11-13(8-10)19-7-5-16(11)14(17)12-2-1-6-18-12/h3-4,8,12H,1-2,5-7,9,15H2. The van der Waals surface area contributed by atoms with E-state index in [4.69, 9.17) is 15.2 Å². The zero-order chi connectivity index (χ0) is 13.2. The Kier molecular flexibility index (Phi) is 3.40. The number of fused-ring (bicyclic) bond motifs is 1. The number of nitrogens with two attached hydrogens (primary N) is 1. The summed E-state index contributed by atoms with van der Waals surface area (Å²) in [5, 5.41) is 0. The first-order chi connectivity index (χ1) is 9.29. The van der Waals surface area contributed by atoms with Crippen LogP contribution in [-0.2, 0) is 16.1 Å². The van der Waals surface area contributed by atoms with E-state index in [1.807, 2.05) is 18.2 Å². The lowest BCUT2D eigenvalue weighted by atomic mass is 10.1. The van der Waals surface area contributed by atoms with E-state index in [0.29, 0.717) is 26.3 Å². The normalized spacial score (nSPS) is 21.9. The monoisotopic (exact) mass is 262 g/mol. The van der Waals surface area contributed by atoms with Crippen molar-refractivity contribution < 1.29 is 14.3 Å². The SMILES string of the molecule is NCc1ccc2c(c1)OCCN2C(=O)C1CCCO1. The van der Waals surface area contributed by atoms with Crippen molar-refractivity contribution in [1.82, 2.24) is 0 Å². The van der Waals surface area contributed by atoms with Gasteiger partial charge in [0.2, 0.25) is 0 Å². The lowest BCUT2D eigenvalue weighted by molar-refractivity contribution is -0.127.